The van der Waals surface area contributed by atoms with Crippen molar-refractivity contribution in [3.8, 4) is 0 Å². The average Bonchev–Trinajstić information content (AvgIpc) is 2.70. The van der Waals surface area contributed by atoms with E-state index in [2.05, 4.69) is 34.4 Å². The van der Waals surface area contributed by atoms with Crippen molar-refractivity contribution < 1.29 is 4.79 Å². The van der Waals surface area contributed by atoms with Gasteiger partial charge in [-0.2, -0.15) is 0 Å². The number of hydrogen-bond acceptors (Lipinski definition) is 3. The highest BCUT2D eigenvalue weighted by molar-refractivity contribution is 6.09. The van der Waals surface area contributed by atoms with Crippen LogP contribution in [0.4, 0.5) is 0 Å². The number of rotatable bonds is 2. The summed E-state index contributed by atoms with van der Waals surface area (Å²) in [6, 6.07) is 0. The zero-order valence-electron chi connectivity index (χ0n) is 10.2. The van der Waals surface area contributed by atoms with E-state index >= 15 is 0 Å². The molecule has 1 spiro atoms. The van der Waals surface area contributed by atoms with E-state index in [0.717, 1.165) is 26.1 Å². The van der Waals surface area contributed by atoms with Crippen LogP contribution in [0.2, 0.25) is 0 Å². The Kier molecular flexibility index (Phi) is 2.88. The molecule has 1 atom stereocenters. The second-order valence-electron chi connectivity index (χ2n) is 5.23. The second kappa shape index (κ2) is 4.05. The zero-order chi connectivity index (χ0) is 11.8. The fourth-order valence-electron chi connectivity index (χ4n) is 2.18. The van der Waals surface area contributed by atoms with Crippen LogP contribution in [-0.2, 0) is 4.79 Å². The van der Waals surface area contributed by atoms with E-state index in [1.54, 1.807) is 0 Å². The van der Waals surface area contributed by atoms with Crippen molar-refractivity contribution in [1.29, 1.82) is 0 Å². The first-order valence-corrected chi connectivity index (χ1v) is 5.84. The minimum absolute atomic E-state index is 0.0688. The third-order valence-electron chi connectivity index (χ3n) is 3.10. The molecule has 0 saturated carbocycles. The van der Waals surface area contributed by atoms with E-state index in [9.17, 15) is 4.79 Å². The number of nitrogens with zero attached hydrogens (tertiary/aromatic N) is 2. The summed E-state index contributed by atoms with van der Waals surface area (Å²) in [6.45, 7) is 6.69. The van der Waals surface area contributed by atoms with Crippen LogP contribution in [0.15, 0.2) is 4.99 Å². The summed E-state index contributed by atoms with van der Waals surface area (Å²) in [5, 5.41) is 6.09. The number of nitrogens with one attached hydrogen (secondary N) is 2. The number of carbonyl (C=O) groups is 1. The Hall–Kier alpha value is -1.10. The van der Waals surface area contributed by atoms with E-state index in [1.165, 1.54) is 0 Å². The molecule has 0 aromatic rings. The van der Waals surface area contributed by atoms with Crippen LogP contribution in [0.1, 0.15) is 20.3 Å². The van der Waals surface area contributed by atoms with Crippen LogP contribution < -0.4 is 10.6 Å². The van der Waals surface area contributed by atoms with Crippen LogP contribution in [0, 0.1) is 5.92 Å². The van der Waals surface area contributed by atoms with Gasteiger partial charge in [-0.3, -0.25) is 15.1 Å². The summed E-state index contributed by atoms with van der Waals surface area (Å²) in [5.74, 6) is 1.22. The lowest BCUT2D eigenvalue weighted by Gasteiger charge is -2.19. The summed E-state index contributed by atoms with van der Waals surface area (Å²) in [7, 11) is 2.03. The van der Waals surface area contributed by atoms with Gasteiger partial charge in [-0.25, -0.2) is 0 Å². The van der Waals surface area contributed by atoms with Crippen LogP contribution in [0.3, 0.4) is 0 Å². The Morgan fingerprint density at radius 2 is 2.31 bits per heavy atom. The molecule has 0 aliphatic carbocycles. The molecule has 0 aromatic carbocycles. The van der Waals surface area contributed by atoms with Crippen LogP contribution in [-0.4, -0.2) is 49.0 Å². The number of hydrogen-bond donors (Lipinski definition) is 2. The van der Waals surface area contributed by atoms with E-state index in [0.29, 0.717) is 11.9 Å². The predicted molar refractivity (Wildman–Crippen MR) is 63.3 cm³/mol. The van der Waals surface area contributed by atoms with Gasteiger partial charge in [-0.05, 0) is 19.4 Å². The molecule has 2 N–H and O–H groups in total. The third-order valence-corrected chi connectivity index (χ3v) is 3.10. The number of carbonyl (C=O) groups excluding carboxylic acids is 1. The molecule has 2 heterocycles. The third kappa shape index (κ3) is 2.04. The molecule has 0 radical (unpaired) electrons. The summed E-state index contributed by atoms with van der Waals surface area (Å²) in [6.07, 6.45) is 0.857. The van der Waals surface area contributed by atoms with Gasteiger partial charge in [0.05, 0.1) is 0 Å². The van der Waals surface area contributed by atoms with Gasteiger partial charge in [-0.1, -0.05) is 13.8 Å². The lowest BCUT2D eigenvalue weighted by molar-refractivity contribution is -0.123. The Morgan fingerprint density at radius 3 is 2.88 bits per heavy atom. The number of likely N-dealkylation sites (tertiary alicyclic amines) is 1. The van der Waals surface area contributed by atoms with Gasteiger partial charge < -0.3 is 10.2 Å². The molecular weight excluding hydrogens is 204 g/mol. The monoisotopic (exact) mass is 224 g/mol. The maximum absolute atomic E-state index is 11.9. The Bertz CT molecular complexity index is 326. The molecule has 2 saturated heterocycles. The van der Waals surface area contributed by atoms with Crippen LogP contribution >= 0.6 is 0 Å². The average molecular weight is 224 g/mol. The van der Waals surface area contributed by atoms with E-state index in [-0.39, 0.29) is 5.91 Å². The first-order valence-electron chi connectivity index (χ1n) is 5.84. The molecule has 0 aromatic heterocycles. The van der Waals surface area contributed by atoms with Gasteiger partial charge >= 0.3 is 0 Å². The largest absolute Gasteiger partial charge is 0.341 e. The standard InChI is InChI=1S/C11H20N4O/c1-8(2)6-12-10-13-9(16)11(14-10)4-5-15(3)7-11/h8H,4-7H2,1-3H3,(H2,12,13,14,16). The number of likely N-dealkylation sites (N-methyl/N-ethyl adjacent to an activating group) is 1. The molecule has 0 bridgehead atoms. The topological polar surface area (TPSA) is 56.7 Å². The fourth-order valence-corrected chi connectivity index (χ4v) is 2.18. The molecule has 2 fully saturated rings. The van der Waals surface area contributed by atoms with Gasteiger partial charge in [0.1, 0.15) is 5.54 Å². The van der Waals surface area contributed by atoms with Crippen molar-refractivity contribution in [2.24, 2.45) is 10.9 Å². The minimum Gasteiger partial charge on any atom is -0.341 e. The maximum Gasteiger partial charge on any atom is 0.253 e. The van der Waals surface area contributed by atoms with Gasteiger partial charge in [0.15, 0.2) is 5.96 Å². The summed E-state index contributed by atoms with van der Waals surface area (Å²) >= 11 is 0. The molecule has 1 amide bonds. The first-order chi connectivity index (χ1) is 7.52. The van der Waals surface area contributed by atoms with Crippen LogP contribution in [0.25, 0.3) is 0 Å². The summed E-state index contributed by atoms with van der Waals surface area (Å²) < 4.78 is 0. The Morgan fingerprint density at radius 1 is 1.56 bits per heavy atom. The van der Waals surface area contributed by atoms with Crippen molar-refractivity contribution in [3.63, 3.8) is 0 Å². The maximum atomic E-state index is 11.9. The van der Waals surface area contributed by atoms with E-state index in [1.807, 2.05) is 7.05 Å². The summed E-state index contributed by atoms with van der Waals surface area (Å²) in [4.78, 5) is 18.5. The highest BCUT2D eigenvalue weighted by Crippen LogP contribution is 2.23. The van der Waals surface area contributed by atoms with Gasteiger partial charge in [0.25, 0.3) is 5.91 Å². The van der Waals surface area contributed by atoms with Crippen molar-refractivity contribution in [2.75, 3.05) is 26.7 Å². The molecular formula is C11H20N4O. The van der Waals surface area contributed by atoms with Crippen LogP contribution in [0.5, 0.6) is 0 Å². The van der Waals surface area contributed by atoms with Gasteiger partial charge in [-0.15, -0.1) is 0 Å². The van der Waals surface area contributed by atoms with Crippen molar-refractivity contribution >= 4 is 11.9 Å². The summed E-state index contributed by atoms with van der Waals surface area (Å²) in [5.41, 5.74) is -0.426. The molecule has 16 heavy (non-hydrogen) atoms. The number of guanidine groups is 1. The molecule has 5 nitrogen and oxygen atoms in total. The van der Waals surface area contributed by atoms with E-state index in [4.69, 9.17) is 0 Å². The fraction of sp³-hybridized carbons (Fsp3) is 0.818. The number of amides is 1. The molecule has 2 rings (SSSR count). The molecule has 2 aliphatic heterocycles. The number of aliphatic imine (C=N–C) groups is 1. The van der Waals surface area contributed by atoms with Crippen molar-refractivity contribution in [3.05, 3.63) is 0 Å². The SMILES string of the molecule is CC(C)CN=C1NC(=O)C2(CCN(C)C2)N1. The molecule has 2 aliphatic rings. The highest BCUT2D eigenvalue weighted by atomic mass is 16.2. The minimum atomic E-state index is -0.426. The predicted octanol–water partition coefficient (Wildman–Crippen LogP) is -0.208. The van der Waals surface area contributed by atoms with Crippen molar-refractivity contribution in [2.45, 2.75) is 25.8 Å². The zero-order valence-corrected chi connectivity index (χ0v) is 10.2. The van der Waals surface area contributed by atoms with E-state index < -0.39 is 5.54 Å². The molecule has 90 valence electrons. The molecule has 1 unspecified atom stereocenters. The first kappa shape index (κ1) is 11.4. The second-order valence-corrected chi connectivity index (χ2v) is 5.23. The van der Waals surface area contributed by atoms with Gasteiger partial charge in [0.2, 0.25) is 0 Å². The van der Waals surface area contributed by atoms with Gasteiger partial charge in [0, 0.05) is 19.6 Å². The van der Waals surface area contributed by atoms with Crippen molar-refractivity contribution in [1.82, 2.24) is 15.5 Å². The lowest BCUT2D eigenvalue weighted by Crippen LogP contribution is -2.48. The normalized spacial score (nSPS) is 32.8. The highest BCUT2D eigenvalue weighted by Gasteiger charge is 2.48. The lowest BCUT2D eigenvalue weighted by atomic mass is 10.00. The molecule has 5 heteroatoms. The Balaban J connectivity index is 2.04. The Labute approximate surface area is 96.3 Å². The quantitative estimate of drug-likeness (QED) is 0.682. The smallest absolute Gasteiger partial charge is 0.253 e.